The first-order valence-corrected chi connectivity index (χ1v) is 10.7. The van der Waals surface area contributed by atoms with Crippen LogP contribution in [0.15, 0.2) is 48.5 Å². The van der Waals surface area contributed by atoms with Crippen molar-refractivity contribution in [2.45, 2.75) is 38.5 Å². The lowest BCUT2D eigenvalue weighted by molar-refractivity contribution is -0.134. The standard InChI is InChI=1S/C22H27N3O3.C2H4O2/c1-15-10-19(27-2)8-9-20(15)24-22(26)23-17-11-18-14-28-21(13-25(18)12-17)16-6-4-3-5-7-16;1-2(3)4/h3-10,17-18,21H,11-14H2,1-2H3,(H2,23,24,26);1H3,(H,3,4)/t17-,18+,21-;/m1./s1. The van der Waals surface area contributed by atoms with Crippen LogP contribution < -0.4 is 15.4 Å². The fraction of sp³-hybridized carbons (Fsp3) is 0.417. The summed E-state index contributed by atoms with van der Waals surface area (Å²) in [6, 6.07) is 16.3. The van der Waals surface area contributed by atoms with Gasteiger partial charge in [0.05, 0.1) is 19.8 Å². The van der Waals surface area contributed by atoms with Gasteiger partial charge in [0.1, 0.15) is 5.75 Å². The lowest BCUT2D eigenvalue weighted by atomic mass is 10.1. The summed E-state index contributed by atoms with van der Waals surface area (Å²) >= 11 is 0. The SMILES string of the molecule is CC(=O)O.COc1ccc(NC(=O)N[C@@H]2C[C@H]3CO[C@@H](c4ccccc4)CN3C2)c(C)c1. The van der Waals surface area contributed by atoms with E-state index in [0.717, 1.165) is 43.4 Å². The average Bonchev–Trinajstić information content (AvgIpc) is 3.16. The molecule has 0 aromatic heterocycles. The molecule has 2 aromatic carbocycles. The van der Waals surface area contributed by atoms with Gasteiger partial charge in [0.15, 0.2) is 0 Å². The van der Waals surface area contributed by atoms with E-state index in [4.69, 9.17) is 19.4 Å². The van der Waals surface area contributed by atoms with Gasteiger partial charge in [-0.25, -0.2) is 4.79 Å². The Morgan fingerprint density at radius 1 is 1.16 bits per heavy atom. The molecule has 2 aromatic rings. The van der Waals surface area contributed by atoms with Gasteiger partial charge in [-0.15, -0.1) is 0 Å². The van der Waals surface area contributed by atoms with E-state index >= 15 is 0 Å². The second-order valence-corrected chi connectivity index (χ2v) is 8.07. The maximum absolute atomic E-state index is 12.5. The van der Waals surface area contributed by atoms with Crippen molar-refractivity contribution < 1.29 is 24.2 Å². The third kappa shape index (κ3) is 6.45. The van der Waals surface area contributed by atoms with Crippen molar-refractivity contribution in [1.82, 2.24) is 10.2 Å². The molecule has 4 rings (SSSR count). The molecular formula is C24H31N3O5. The van der Waals surface area contributed by atoms with E-state index in [-0.39, 0.29) is 18.2 Å². The lowest BCUT2D eigenvalue weighted by Crippen LogP contribution is -2.43. The van der Waals surface area contributed by atoms with E-state index in [0.29, 0.717) is 12.6 Å². The molecule has 3 atom stereocenters. The molecule has 0 spiro atoms. The molecule has 0 radical (unpaired) electrons. The number of aryl methyl sites for hydroxylation is 1. The first-order valence-electron chi connectivity index (χ1n) is 10.7. The van der Waals surface area contributed by atoms with E-state index in [1.807, 2.05) is 43.3 Å². The zero-order chi connectivity index (χ0) is 23.1. The molecule has 2 heterocycles. The average molecular weight is 442 g/mol. The Balaban J connectivity index is 0.000000668. The van der Waals surface area contributed by atoms with Gasteiger partial charge in [-0.3, -0.25) is 9.69 Å². The monoisotopic (exact) mass is 441 g/mol. The number of ether oxygens (including phenoxy) is 2. The van der Waals surface area contributed by atoms with Gasteiger partial charge in [-0.1, -0.05) is 30.3 Å². The van der Waals surface area contributed by atoms with Crippen LogP contribution in [-0.4, -0.2) is 60.9 Å². The Bertz CT molecular complexity index is 917. The van der Waals surface area contributed by atoms with Crippen LogP contribution in [-0.2, 0) is 9.53 Å². The number of fused-ring (bicyclic) bond motifs is 1. The van der Waals surface area contributed by atoms with Crippen molar-refractivity contribution >= 4 is 17.7 Å². The Hall–Kier alpha value is -3.10. The summed E-state index contributed by atoms with van der Waals surface area (Å²) in [6.07, 6.45) is 1.02. The molecule has 2 aliphatic heterocycles. The van der Waals surface area contributed by atoms with E-state index < -0.39 is 5.97 Å². The van der Waals surface area contributed by atoms with Crippen molar-refractivity contribution in [3.8, 4) is 5.75 Å². The topological polar surface area (TPSA) is 100 Å². The summed E-state index contributed by atoms with van der Waals surface area (Å²) < 4.78 is 11.3. The second kappa shape index (κ2) is 11.0. The highest BCUT2D eigenvalue weighted by atomic mass is 16.5. The number of methoxy groups -OCH3 is 1. The molecule has 2 amide bonds. The molecule has 0 unspecified atom stereocenters. The van der Waals surface area contributed by atoms with Gasteiger partial charge in [0.2, 0.25) is 0 Å². The molecule has 2 aliphatic rings. The Morgan fingerprint density at radius 2 is 1.88 bits per heavy atom. The highest BCUT2D eigenvalue weighted by Gasteiger charge is 2.38. The Kier molecular flexibility index (Phi) is 8.08. The minimum Gasteiger partial charge on any atom is -0.497 e. The number of carbonyl (C=O) groups excluding carboxylic acids is 1. The zero-order valence-electron chi connectivity index (χ0n) is 18.7. The predicted molar refractivity (Wildman–Crippen MR) is 122 cm³/mol. The Morgan fingerprint density at radius 3 is 2.53 bits per heavy atom. The molecule has 8 heteroatoms. The van der Waals surface area contributed by atoms with Gasteiger partial charge in [-0.2, -0.15) is 0 Å². The van der Waals surface area contributed by atoms with Crippen molar-refractivity contribution in [2.75, 3.05) is 32.1 Å². The van der Waals surface area contributed by atoms with Crippen LogP contribution in [0, 0.1) is 6.92 Å². The quantitative estimate of drug-likeness (QED) is 0.672. The number of rotatable bonds is 4. The van der Waals surface area contributed by atoms with E-state index in [1.54, 1.807) is 7.11 Å². The van der Waals surface area contributed by atoms with E-state index in [1.165, 1.54) is 5.56 Å². The van der Waals surface area contributed by atoms with Crippen LogP contribution in [0.4, 0.5) is 10.5 Å². The molecule has 0 bridgehead atoms. The van der Waals surface area contributed by atoms with E-state index in [9.17, 15) is 4.79 Å². The minimum atomic E-state index is -0.833. The molecular weight excluding hydrogens is 410 g/mol. The van der Waals surface area contributed by atoms with Gasteiger partial charge in [0, 0.05) is 37.8 Å². The van der Waals surface area contributed by atoms with Crippen LogP contribution in [0.2, 0.25) is 0 Å². The van der Waals surface area contributed by atoms with Crippen LogP contribution in [0.1, 0.15) is 30.6 Å². The molecule has 2 saturated heterocycles. The summed E-state index contributed by atoms with van der Waals surface area (Å²) in [4.78, 5) is 23.9. The molecule has 2 fully saturated rings. The number of carbonyl (C=O) groups is 2. The van der Waals surface area contributed by atoms with Crippen molar-refractivity contribution in [3.05, 3.63) is 59.7 Å². The van der Waals surface area contributed by atoms with Crippen molar-refractivity contribution in [1.29, 1.82) is 0 Å². The second-order valence-electron chi connectivity index (χ2n) is 8.07. The van der Waals surface area contributed by atoms with Crippen LogP contribution in [0.3, 0.4) is 0 Å². The maximum Gasteiger partial charge on any atom is 0.319 e. The number of urea groups is 1. The largest absolute Gasteiger partial charge is 0.497 e. The number of carboxylic acids is 1. The number of benzene rings is 2. The van der Waals surface area contributed by atoms with Crippen molar-refractivity contribution in [3.63, 3.8) is 0 Å². The fourth-order valence-electron chi connectivity index (χ4n) is 4.10. The normalized spacial score (nSPS) is 22.2. The third-order valence-electron chi connectivity index (χ3n) is 5.61. The van der Waals surface area contributed by atoms with Crippen LogP contribution in [0.5, 0.6) is 5.75 Å². The third-order valence-corrected chi connectivity index (χ3v) is 5.61. The number of aliphatic carboxylic acids is 1. The van der Waals surface area contributed by atoms with Gasteiger partial charge < -0.3 is 25.2 Å². The highest BCUT2D eigenvalue weighted by Crippen LogP contribution is 2.30. The Labute approximate surface area is 188 Å². The first kappa shape index (κ1) is 23.6. The van der Waals surface area contributed by atoms with Gasteiger partial charge in [0.25, 0.3) is 5.97 Å². The number of morpholine rings is 1. The highest BCUT2D eigenvalue weighted by molar-refractivity contribution is 5.90. The summed E-state index contributed by atoms with van der Waals surface area (Å²) in [5.41, 5.74) is 2.98. The smallest absolute Gasteiger partial charge is 0.319 e. The summed E-state index contributed by atoms with van der Waals surface area (Å²) in [5, 5.41) is 13.5. The van der Waals surface area contributed by atoms with Crippen LogP contribution >= 0.6 is 0 Å². The number of hydrogen-bond donors (Lipinski definition) is 3. The first-order chi connectivity index (χ1) is 15.4. The molecule has 0 aliphatic carbocycles. The molecule has 172 valence electrons. The number of nitrogens with zero attached hydrogens (tertiary/aromatic N) is 1. The fourth-order valence-corrected chi connectivity index (χ4v) is 4.10. The predicted octanol–water partition coefficient (Wildman–Crippen LogP) is 3.43. The molecule has 0 saturated carbocycles. The van der Waals surface area contributed by atoms with Crippen molar-refractivity contribution in [2.24, 2.45) is 0 Å². The zero-order valence-corrected chi connectivity index (χ0v) is 18.7. The summed E-state index contributed by atoms with van der Waals surface area (Å²) in [5.74, 6) is -0.0518. The molecule has 3 N–H and O–H groups in total. The van der Waals surface area contributed by atoms with Crippen LogP contribution in [0.25, 0.3) is 0 Å². The number of nitrogens with one attached hydrogen (secondary N) is 2. The van der Waals surface area contributed by atoms with Gasteiger partial charge in [-0.05, 0) is 42.7 Å². The number of hydrogen-bond acceptors (Lipinski definition) is 5. The molecule has 32 heavy (non-hydrogen) atoms. The number of anilines is 1. The van der Waals surface area contributed by atoms with Gasteiger partial charge >= 0.3 is 6.03 Å². The maximum atomic E-state index is 12.5. The summed E-state index contributed by atoms with van der Waals surface area (Å²) in [7, 11) is 1.63. The van der Waals surface area contributed by atoms with E-state index in [2.05, 4.69) is 27.7 Å². The molecule has 8 nitrogen and oxygen atoms in total. The number of carboxylic acid groups (broad SMARTS) is 1. The summed E-state index contributed by atoms with van der Waals surface area (Å²) in [6.45, 7) is 5.46. The minimum absolute atomic E-state index is 0.104. The lowest BCUT2D eigenvalue weighted by Gasteiger charge is -2.35. The number of amides is 2.